The Bertz CT molecular complexity index is 1320. The molecule has 3 atom stereocenters. The minimum absolute atomic E-state index is 0.168. The lowest BCUT2D eigenvalue weighted by Crippen LogP contribution is -2.49. The highest BCUT2D eigenvalue weighted by molar-refractivity contribution is 5.90. The van der Waals surface area contributed by atoms with Gasteiger partial charge in [0.15, 0.2) is 11.6 Å². The molecule has 2 N–H and O–H groups in total. The zero-order chi connectivity index (χ0) is 29.0. The van der Waals surface area contributed by atoms with Crippen molar-refractivity contribution in [1.82, 2.24) is 20.0 Å². The number of alkyl halides is 3. The quantitative estimate of drug-likeness (QED) is 0.355. The number of urea groups is 1. The van der Waals surface area contributed by atoms with Crippen LogP contribution in [-0.4, -0.2) is 72.4 Å². The lowest BCUT2D eigenvalue weighted by atomic mass is 9.94. The molecule has 2 heterocycles. The standard InChI is InChI=1S/C27H30F5N5O3/c1-4-40-25-16(2)24(37(35-25)18-8-6-5-7-9-18)34-26(38)33-22-14-36(23(15-39-3)27(30,31)32)13-19(22)17-10-11-20(28)21(29)12-17/h5-12,19,22-23H,4,13-15H2,1-3H3,(H2,33,34,38)/t19-,22+,23?/m0/s1. The van der Waals surface area contributed by atoms with Crippen molar-refractivity contribution in [3.05, 3.63) is 71.3 Å². The van der Waals surface area contributed by atoms with E-state index >= 15 is 0 Å². The van der Waals surface area contributed by atoms with Gasteiger partial charge in [-0.25, -0.2) is 18.3 Å². The minimum atomic E-state index is -4.61. The number of nitrogens with one attached hydrogen (secondary N) is 2. The number of hydrogen-bond acceptors (Lipinski definition) is 5. The van der Waals surface area contributed by atoms with E-state index in [0.717, 1.165) is 17.0 Å². The Labute approximate surface area is 228 Å². The Morgan fingerprint density at radius 2 is 1.85 bits per heavy atom. The number of carbonyl (C=O) groups is 1. The Morgan fingerprint density at radius 3 is 2.48 bits per heavy atom. The van der Waals surface area contributed by atoms with Crippen LogP contribution < -0.4 is 15.4 Å². The molecule has 3 aromatic rings. The molecule has 40 heavy (non-hydrogen) atoms. The number of aromatic nitrogens is 2. The predicted molar refractivity (Wildman–Crippen MR) is 138 cm³/mol. The molecular formula is C27H30F5N5O3. The van der Waals surface area contributed by atoms with Crippen molar-refractivity contribution in [3.63, 3.8) is 0 Å². The second kappa shape index (κ2) is 12.2. The summed E-state index contributed by atoms with van der Waals surface area (Å²) in [6.07, 6.45) is -4.61. The number of ether oxygens (including phenoxy) is 2. The first kappa shape index (κ1) is 29.3. The van der Waals surface area contributed by atoms with Crippen molar-refractivity contribution in [2.24, 2.45) is 0 Å². The summed E-state index contributed by atoms with van der Waals surface area (Å²) < 4.78 is 81.1. The molecule has 1 aliphatic heterocycles. The smallest absolute Gasteiger partial charge is 0.406 e. The van der Waals surface area contributed by atoms with Gasteiger partial charge in [0.25, 0.3) is 0 Å². The molecule has 13 heteroatoms. The van der Waals surface area contributed by atoms with Crippen molar-refractivity contribution >= 4 is 11.8 Å². The largest absolute Gasteiger partial charge is 0.477 e. The number of nitrogens with zero attached hydrogens (tertiary/aromatic N) is 3. The van der Waals surface area contributed by atoms with Gasteiger partial charge < -0.3 is 14.8 Å². The van der Waals surface area contributed by atoms with Crippen LogP contribution in [0.25, 0.3) is 5.69 Å². The van der Waals surface area contributed by atoms with Gasteiger partial charge in [-0.15, -0.1) is 5.10 Å². The van der Waals surface area contributed by atoms with Crippen LogP contribution >= 0.6 is 0 Å². The van der Waals surface area contributed by atoms with E-state index in [2.05, 4.69) is 15.7 Å². The van der Waals surface area contributed by atoms with E-state index in [1.165, 1.54) is 17.9 Å². The Kier molecular flexibility index (Phi) is 8.94. The van der Waals surface area contributed by atoms with Gasteiger partial charge in [0, 0.05) is 26.1 Å². The van der Waals surface area contributed by atoms with Gasteiger partial charge in [-0.05, 0) is 43.7 Å². The van der Waals surface area contributed by atoms with Crippen LogP contribution in [0.1, 0.15) is 24.0 Å². The van der Waals surface area contributed by atoms with Crippen molar-refractivity contribution in [2.45, 2.75) is 38.0 Å². The van der Waals surface area contributed by atoms with Crippen LogP contribution in [0.5, 0.6) is 5.88 Å². The third kappa shape index (κ3) is 6.36. The van der Waals surface area contributed by atoms with Gasteiger partial charge in [-0.3, -0.25) is 10.2 Å². The summed E-state index contributed by atoms with van der Waals surface area (Å²) in [7, 11) is 1.17. The van der Waals surface area contributed by atoms with Gasteiger partial charge in [0.05, 0.1) is 30.5 Å². The molecule has 1 fully saturated rings. The first-order chi connectivity index (χ1) is 19.0. The first-order valence-electron chi connectivity index (χ1n) is 12.6. The van der Waals surface area contributed by atoms with E-state index in [4.69, 9.17) is 9.47 Å². The second-order valence-corrected chi connectivity index (χ2v) is 9.41. The van der Waals surface area contributed by atoms with Crippen molar-refractivity contribution < 1.29 is 36.2 Å². The highest BCUT2D eigenvalue weighted by Gasteiger charge is 2.48. The van der Waals surface area contributed by atoms with E-state index in [9.17, 15) is 26.7 Å². The number of amides is 2. The molecule has 1 aliphatic rings. The molecule has 216 valence electrons. The van der Waals surface area contributed by atoms with Crippen LogP contribution in [0.15, 0.2) is 48.5 Å². The topological polar surface area (TPSA) is 80.6 Å². The van der Waals surface area contributed by atoms with Crippen molar-refractivity contribution in [2.75, 3.05) is 38.7 Å². The van der Waals surface area contributed by atoms with Crippen molar-refractivity contribution in [3.8, 4) is 11.6 Å². The summed E-state index contributed by atoms with van der Waals surface area (Å²) in [6, 6.07) is 8.63. The summed E-state index contributed by atoms with van der Waals surface area (Å²) in [6.45, 7) is 2.86. The van der Waals surface area contributed by atoms with E-state index in [0.29, 0.717) is 29.6 Å². The van der Waals surface area contributed by atoms with Gasteiger partial charge in [0.1, 0.15) is 11.9 Å². The summed E-state index contributed by atoms with van der Waals surface area (Å²) in [4.78, 5) is 14.4. The fraction of sp³-hybridized carbons (Fsp3) is 0.407. The summed E-state index contributed by atoms with van der Waals surface area (Å²) in [5, 5.41) is 9.93. The number of likely N-dealkylation sites (tertiary alicyclic amines) is 1. The highest BCUT2D eigenvalue weighted by Crippen LogP contribution is 2.35. The Balaban J connectivity index is 1.62. The summed E-state index contributed by atoms with van der Waals surface area (Å²) in [5.74, 6) is -2.36. The fourth-order valence-electron chi connectivity index (χ4n) is 4.85. The maximum absolute atomic E-state index is 14.1. The summed E-state index contributed by atoms with van der Waals surface area (Å²) in [5.41, 5.74) is 1.45. The molecule has 8 nitrogen and oxygen atoms in total. The maximum atomic E-state index is 14.1. The monoisotopic (exact) mass is 567 g/mol. The van der Waals surface area contributed by atoms with Crippen LogP contribution in [0, 0.1) is 18.6 Å². The molecule has 0 saturated carbocycles. The van der Waals surface area contributed by atoms with Gasteiger partial charge in [-0.1, -0.05) is 24.3 Å². The zero-order valence-corrected chi connectivity index (χ0v) is 22.1. The molecule has 2 amide bonds. The van der Waals surface area contributed by atoms with Gasteiger partial charge in [-0.2, -0.15) is 13.2 Å². The fourth-order valence-corrected chi connectivity index (χ4v) is 4.85. The summed E-state index contributed by atoms with van der Waals surface area (Å²) >= 11 is 0. The number of methoxy groups -OCH3 is 1. The highest BCUT2D eigenvalue weighted by atomic mass is 19.4. The molecule has 1 aromatic heterocycles. The number of para-hydroxylation sites is 1. The van der Waals surface area contributed by atoms with E-state index in [1.54, 1.807) is 38.1 Å². The average Bonchev–Trinajstić information content (AvgIpc) is 3.45. The van der Waals surface area contributed by atoms with E-state index < -0.39 is 48.5 Å². The third-order valence-electron chi connectivity index (χ3n) is 6.77. The molecule has 2 aromatic carbocycles. The molecule has 1 unspecified atom stereocenters. The van der Waals surface area contributed by atoms with Gasteiger partial charge in [0.2, 0.25) is 5.88 Å². The van der Waals surface area contributed by atoms with Crippen LogP contribution in [-0.2, 0) is 4.74 Å². The average molecular weight is 568 g/mol. The SMILES string of the molecule is CCOc1nn(-c2ccccc2)c(NC(=O)N[C@@H]2CN(C(COC)C(F)(F)F)C[C@H]2c2ccc(F)c(F)c2)c1C. The zero-order valence-electron chi connectivity index (χ0n) is 22.1. The normalized spacial score (nSPS) is 18.5. The maximum Gasteiger partial charge on any atom is 0.406 e. The number of anilines is 1. The Morgan fingerprint density at radius 1 is 1.12 bits per heavy atom. The van der Waals surface area contributed by atoms with Crippen molar-refractivity contribution in [1.29, 1.82) is 0 Å². The van der Waals surface area contributed by atoms with E-state index in [1.807, 2.05) is 6.07 Å². The number of hydrogen-bond donors (Lipinski definition) is 2. The van der Waals surface area contributed by atoms with E-state index in [-0.39, 0.29) is 18.7 Å². The molecule has 0 radical (unpaired) electrons. The molecule has 4 rings (SSSR count). The number of rotatable bonds is 9. The molecular weight excluding hydrogens is 537 g/mol. The minimum Gasteiger partial charge on any atom is -0.477 e. The third-order valence-corrected chi connectivity index (χ3v) is 6.77. The van der Waals surface area contributed by atoms with Crippen LogP contribution in [0.2, 0.25) is 0 Å². The lowest BCUT2D eigenvalue weighted by molar-refractivity contribution is -0.192. The Hall–Kier alpha value is -3.71. The first-order valence-corrected chi connectivity index (χ1v) is 12.6. The van der Waals surface area contributed by atoms with Crippen LogP contribution in [0.4, 0.5) is 32.6 Å². The van der Waals surface area contributed by atoms with Crippen LogP contribution in [0.3, 0.4) is 0 Å². The molecule has 0 bridgehead atoms. The second-order valence-electron chi connectivity index (χ2n) is 9.41. The number of carbonyl (C=O) groups excluding carboxylic acids is 1. The molecule has 0 spiro atoms. The molecule has 1 saturated heterocycles. The molecule has 0 aliphatic carbocycles. The predicted octanol–water partition coefficient (Wildman–Crippen LogP) is 5.02. The lowest BCUT2D eigenvalue weighted by Gasteiger charge is -2.29. The number of halogens is 5. The number of benzene rings is 2. The van der Waals surface area contributed by atoms with Gasteiger partial charge >= 0.3 is 12.2 Å².